The summed E-state index contributed by atoms with van der Waals surface area (Å²) in [5.74, 6) is 0.536. The largest absolute Gasteiger partial charge is 0.494 e. The van der Waals surface area contributed by atoms with Gasteiger partial charge in [0.2, 0.25) is 5.91 Å². The molecule has 0 fully saturated rings. The number of rotatable bonds is 6. The molecule has 5 heteroatoms. The molecule has 1 rings (SSSR count). The van der Waals surface area contributed by atoms with Crippen LogP contribution in [-0.2, 0) is 11.3 Å². The van der Waals surface area contributed by atoms with Gasteiger partial charge >= 0.3 is 0 Å². The van der Waals surface area contributed by atoms with E-state index in [9.17, 15) is 4.79 Å². The van der Waals surface area contributed by atoms with Crippen LogP contribution in [0.5, 0.6) is 5.75 Å². The number of hydrogen-bond acceptors (Lipinski definition) is 4. The smallest absolute Gasteiger partial charge is 0.241 e. The van der Waals surface area contributed by atoms with Crippen LogP contribution in [0.4, 0.5) is 0 Å². The number of carbonyl (C=O) groups excluding carboxylic acids is 1. The van der Waals surface area contributed by atoms with E-state index in [1.165, 1.54) is 4.90 Å². The maximum atomic E-state index is 11.7. The molecule has 1 aromatic rings. The molecule has 1 amide bonds. The van der Waals surface area contributed by atoms with Gasteiger partial charge in [0.15, 0.2) is 0 Å². The van der Waals surface area contributed by atoms with Crippen molar-refractivity contribution in [2.45, 2.75) is 19.5 Å². The summed E-state index contributed by atoms with van der Waals surface area (Å²) in [6, 6.07) is 6.68. The first kappa shape index (κ1) is 14.5. The van der Waals surface area contributed by atoms with Gasteiger partial charge in [-0.2, -0.15) is 0 Å². The second-order valence-corrected chi connectivity index (χ2v) is 4.06. The van der Waals surface area contributed by atoms with Gasteiger partial charge in [-0.3, -0.25) is 4.79 Å². The quantitative estimate of drug-likeness (QED) is 0.766. The Hall–Kier alpha value is -1.59. The highest BCUT2D eigenvalue weighted by molar-refractivity contribution is 5.81. The lowest BCUT2D eigenvalue weighted by atomic mass is 10.2. The lowest BCUT2D eigenvalue weighted by Gasteiger charge is -2.20. The summed E-state index contributed by atoms with van der Waals surface area (Å²) in [4.78, 5) is 13.2. The zero-order chi connectivity index (χ0) is 13.5. The summed E-state index contributed by atoms with van der Waals surface area (Å²) in [6.45, 7) is 2.67. The molecular formula is C13H20N2O3. The van der Waals surface area contributed by atoms with Gasteiger partial charge in [0.25, 0.3) is 0 Å². The van der Waals surface area contributed by atoms with E-state index in [0.717, 1.165) is 11.3 Å². The van der Waals surface area contributed by atoms with Crippen LogP contribution in [0, 0.1) is 0 Å². The average Bonchev–Trinajstić information content (AvgIpc) is 2.39. The van der Waals surface area contributed by atoms with Crippen LogP contribution in [0.1, 0.15) is 12.5 Å². The predicted octanol–water partition coefficient (Wildman–Crippen LogP) is 0.363. The number of hydrogen-bond donors (Lipinski definition) is 2. The molecule has 100 valence electrons. The van der Waals surface area contributed by atoms with Crippen molar-refractivity contribution in [2.24, 2.45) is 5.73 Å². The zero-order valence-corrected chi connectivity index (χ0v) is 10.8. The van der Waals surface area contributed by atoms with Crippen molar-refractivity contribution in [3.05, 3.63) is 29.8 Å². The van der Waals surface area contributed by atoms with Crippen LogP contribution >= 0.6 is 0 Å². The number of aliphatic hydroxyl groups is 1. The number of benzene rings is 1. The zero-order valence-electron chi connectivity index (χ0n) is 10.8. The van der Waals surface area contributed by atoms with Crippen molar-refractivity contribution in [1.82, 2.24) is 4.90 Å². The Kier molecular flexibility index (Phi) is 5.61. The maximum absolute atomic E-state index is 11.7. The van der Waals surface area contributed by atoms with E-state index in [1.807, 2.05) is 31.2 Å². The minimum Gasteiger partial charge on any atom is -0.494 e. The lowest BCUT2D eigenvalue weighted by molar-refractivity contribution is -0.132. The molecule has 18 heavy (non-hydrogen) atoms. The minimum atomic E-state index is -0.849. The minimum absolute atomic E-state index is 0.272. The van der Waals surface area contributed by atoms with Crippen LogP contribution in [0.3, 0.4) is 0 Å². The lowest BCUT2D eigenvalue weighted by Crippen LogP contribution is -2.43. The van der Waals surface area contributed by atoms with E-state index in [0.29, 0.717) is 13.2 Å². The van der Waals surface area contributed by atoms with Crippen molar-refractivity contribution in [2.75, 3.05) is 20.3 Å². The van der Waals surface area contributed by atoms with Gasteiger partial charge in [0.1, 0.15) is 11.8 Å². The highest BCUT2D eigenvalue weighted by Gasteiger charge is 2.16. The molecule has 0 aliphatic rings. The Balaban J connectivity index is 2.59. The van der Waals surface area contributed by atoms with Crippen LogP contribution in [0.2, 0.25) is 0 Å². The number of carbonyl (C=O) groups is 1. The Labute approximate surface area is 107 Å². The second kappa shape index (κ2) is 6.98. The summed E-state index contributed by atoms with van der Waals surface area (Å²) in [7, 11) is 1.66. The van der Waals surface area contributed by atoms with E-state index < -0.39 is 6.04 Å². The molecule has 0 aromatic heterocycles. The third-order valence-electron chi connectivity index (χ3n) is 2.54. The molecule has 0 spiro atoms. The predicted molar refractivity (Wildman–Crippen MR) is 69.1 cm³/mol. The SMILES string of the molecule is CCOc1ccc(CN(C)C(=O)C(N)CO)cc1. The van der Waals surface area contributed by atoms with E-state index in [1.54, 1.807) is 7.05 Å². The summed E-state index contributed by atoms with van der Waals surface area (Å²) in [5, 5.41) is 8.83. The molecule has 1 aromatic carbocycles. The molecule has 1 unspecified atom stereocenters. The van der Waals surface area contributed by atoms with Crippen molar-refractivity contribution >= 4 is 5.91 Å². The average molecular weight is 252 g/mol. The number of nitrogens with two attached hydrogens (primary N) is 1. The van der Waals surface area contributed by atoms with Crippen LogP contribution in [0.25, 0.3) is 0 Å². The van der Waals surface area contributed by atoms with Crippen LogP contribution in [-0.4, -0.2) is 42.2 Å². The molecule has 0 heterocycles. The second-order valence-electron chi connectivity index (χ2n) is 4.06. The first-order valence-corrected chi connectivity index (χ1v) is 5.91. The Morgan fingerprint density at radius 3 is 2.56 bits per heavy atom. The summed E-state index contributed by atoms with van der Waals surface area (Å²) in [6.07, 6.45) is 0. The van der Waals surface area contributed by atoms with Crippen LogP contribution in [0.15, 0.2) is 24.3 Å². The fraction of sp³-hybridized carbons (Fsp3) is 0.462. The molecule has 0 aliphatic heterocycles. The molecule has 0 radical (unpaired) electrons. The first-order chi connectivity index (χ1) is 8.58. The Morgan fingerprint density at radius 1 is 1.44 bits per heavy atom. The molecule has 1 atom stereocenters. The van der Waals surface area contributed by atoms with Crippen molar-refractivity contribution in [3.8, 4) is 5.75 Å². The number of amides is 1. The Morgan fingerprint density at radius 2 is 2.06 bits per heavy atom. The summed E-state index contributed by atoms with van der Waals surface area (Å²) >= 11 is 0. The highest BCUT2D eigenvalue weighted by Crippen LogP contribution is 2.13. The summed E-state index contributed by atoms with van der Waals surface area (Å²) in [5.41, 5.74) is 6.46. The van der Waals surface area contributed by atoms with Gasteiger partial charge in [-0.15, -0.1) is 0 Å². The van der Waals surface area contributed by atoms with Gasteiger partial charge in [-0.1, -0.05) is 12.1 Å². The monoisotopic (exact) mass is 252 g/mol. The standard InChI is InChI=1S/C13H20N2O3/c1-3-18-11-6-4-10(5-7-11)8-15(2)13(17)12(14)9-16/h4-7,12,16H,3,8-9,14H2,1-2H3. The maximum Gasteiger partial charge on any atom is 0.241 e. The molecule has 5 nitrogen and oxygen atoms in total. The normalized spacial score (nSPS) is 12.0. The van der Waals surface area contributed by atoms with Gasteiger partial charge < -0.3 is 20.5 Å². The van der Waals surface area contributed by atoms with Gasteiger partial charge in [0.05, 0.1) is 13.2 Å². The molecule has 3 N–H and O–H groups in total. The van der Waals surface area contributed by atoms with E-state index in [-0.39, 0.29) is 12.5 Å². The molecule has 0 aliphatic carbocycles. The molecule has 0 bridgehead atoms. The van der Waals surface area contributed by atoms with Crippen LogP contribution < -0.4 is 10.5 Å². The van der Waals surface area contributed by atoms with Gasteiger partial charge in [-0.25, -0.2) is 0 Å². The number of aliphatic hydroxyl groups excluding tert-OH is 1. The number of likely N-dealkylation sites (N-methyl/N-ethyl adjacent to an activating group) is 1. The van der Waals surface area contributed by atoms with Gasteiger partial charge in [-0.05, 0) is 24.6 Å². The third-order valence-corrected chi connectivity index (χ3v) is 2.54. The van der Waals surface area contributed by atoms with Gasteiger partial charge in [0, 0.05) is 13.6 Å². The third kappa shape index (κ3) is 4.01. The fourth-order valence-corrected chi connectivity index (χ4v) is 1.57. The Bertz CT molecular complexity index is 378. The highest BCUT2D eigenvalue weighted by atomic mass is 16.5. The first-order valence-electron chi connectivity index (χ1n) is 5.91. The summed E-state index contributed by atoms with van der Waals surface area (Å²) < 4.78 is 5.34. The van der Waals surface area contributed by atoms with Crippen molar-refractivity contribution < 1.29 is 14.6 Å². The number of ether oxygens (including phenoxy) is 1. The molecule has 0 saturated heterocycles. The fourth-order valence-electron chi connectivity index (χ4n) is 1.57. The van der Waals surface area contributed by atoms with E-state index in [4.69, 9.17) is 15.6 Å². The number of nitrogens with zero attached hydrogens (tertiary/aromatic N) is 1. The molecule has 0 saturated carbocycles. The van der Waals surface area contributed by atoms with E-state index in [2.05, 4.69) is 0 Å². The van der Waals surface area contributed by atoms with Crippen molar-refractivity contribution in [3.63, 3.8) is 0 Å². The topological polar surface area (TPSA) is 75.8 Å². The van der Waals surface area contributed by atoms with Crippen molar-refractivity contribution in [1.29, 1.82) is 0 Å². The van der Waals surface area contributed by atoms with E-state index >= 15 is 0 Å². The molecular weight excluding hydrogens is 232 g/mol.